The van der Waals surface area contributed by atoms with E-state index in [0.29, 0.717) is 12.2 Å². The number of aliphatic hydroxyl groups is 1. The van der Waals surface area contributed by atoms with E-state index in [1.54, 1.807) is 24.3 Å². The maximum atomic E-state index is 8.60. The first kappa shape index (κ1) is 13.3. The van der Waals surface area contributed by atoms with Gasteiger partial charge in [-0.05, 0) is 43.5 Å². The Kier molecular flexibility index (Phi) is 5.88. The lowest BCUT2D eigenvalue weighted by molar-refractivity contribution is 0.266. The molecule has 0 atom stereocenters. The maximum Gasteiger partial charge on any atom is 0.170 e. The lowest BCUT2D eigenvalue weighted by atomic mass is 10.2. The second kappa shape index (κ2) is 7.51. The van der Waals surface area contributed by atoms with Crippen LogP contribution in [0.15, 0.2) is 29.4 Å². The molecule has 5 nitrogen and oxygen atoms in total. The first-order chi connectivity index (χ1) is 8.27. The molecule has 1 aromatic rings. The van der Waals surface area contributed by atoms with E-state index in [0.717, 1.165) is 25.0 Å². The van der Waals surface area contributed by atoms with Gasteiger partial charge in [0, 0.05) is 12.2 Å². The van der Waals surface area contributed by atoms with Crippen molar-refractivity contribution in [3.8, 4) is 5.75 Å². The van der Waals surface area contributed by atoms with Crippen LogP contribution in [0.4, 0.5) is 0 Å². The fourth-order valence-corrected chi connectivity index (χ4v) is 1.36. The van der Waals surface area contributed by atoms with Crippen LogP contribution < -0.4 is 10.5 Å². The monoisotopic (exact) mass is 238 g/mol. The van der Waals surface area contributed by atoms with Crippen LogP contribution in [0.3, 0.4) is 0 Å². The predicted octanol–water partition coefficient (Wildman–Crippen LogP) is 1.32. The molecule has 0 bridgehead atoms. The zero-order chi connectivity index (χ0) is 12.5. The molecule has 0 saturated heterocycles. The fourth-order valence-electron chi connectivity index (χ4n) is 1.36. The lowest BCUT2D eigenvalue weighted by Crippen LogP contribution is -2.12. The minimum Gasteiger partial charge on any atom is -0.494 e. The van der Waals surface area contributed by atoms with E-state index >= 15 is 0 Å². The van der Waals surface area contributed by atoms with Gasteiger partial charge in [-0.25, -0.2) is 0 Å². The number of ether oxygens (including phenoxy) is 1. The number of oxime groups is 1. The Morgan fingerprint density at radius 2 is 1.88 bits per heavy atom. The van der Waals surface area contributed by atoms with E-state index < -0.39 is 0 Å². The SMILES string of the molecule is N/C(=N/O)c1ccc(OCCCCCO)cc1. The van der Waals surface area contributed by atoms with Crippen molar-refractivity contribution in [1.29, 1.82) is 0 Å². The van der Waals surface area contributed by atoms with Crippen LogP contribution in [-0.2, 0) is 0 Å². The van der Waals surface area contributed by atoms with E-state index in [9.17, 15) is 0 Å². The molecule has 5 heteroatoms. The standard InChI is InChI=1S/C12H18N2O3/c13-12(14-16)10-4-6-11(7-5-10)17-9-3-1-2-8-15/h4-7,15-16H,1-3,8-9H2,(H2,13,14). The number of nitrogens with two attached hydrogens (primary N) is 1. The molecule has 94 valence electrons. The van der Waals surface area contributed by atoms with Gasteiger partial charge in [-0.15, -0.1) is 0 Å². The molecule has 0 unspecified atom stereocenters. The average Bonchev–Trinajstić information content (AvgIpc) is 2.38. The highest BCUT2D eigenvalue weighted by atomic mass is 16.5. The molecule has 0 heterocycles. The van der Waals surface area contributed by atoms with Gasteiger partial charge < -0.3 is 20.8 Å². The van der Waals surface area contributed by atoms with Crippen LogP contribution in [-0.4, -0.2) is 29.4 Å². The summed E-state index contributed by atoms with van der Waals surface area (Å²) in [4.78, 5) is 0. The number of hydrogen-bond acceptors (Lipinski definition) is 4. The molecule has 0 spiro atoms. The molecule has 1 rings (SSSR count). The maximum absolute atomic E-state index is 8.60. The van der Waals surface area contributed by atoms with Gasteiger partial charge in [0.2, 0.25) is 0 Å². The van der Waals surface area contributed by atoms with Crippen LogP contribution in [0.25, 0.3) is 0 Å². The summed E-state index contributed by atoms with van der Waals surface area (Å²) in [6, 6.07) is 7.02. The van der Waals surface area contributed by atoms with Crippen LogP contribution in [0.5, 0.6) is 5.75 Å². The molecule has 1 aromatic carbocycles. The Balaban J connectivity index is 2.35. The van der Waals surface area contributed by atoms with Gasteiger partial charge >= 0.3 is 0 Å². The van der Waals surface area contributed by atoms with E-state index in [4.69, 9.17) is 20.8 Å². The van der Waals surface area contributed by atoms with Crippen molar-refractivity contribution in [2.75, 3.05) is 13.2 Å². The zero-order valence-corrected chi connectivity index (χ0v) is 9.67. The Morgan fingerprint density at radius 3 is 2.47 bits per heavy atom. The number of aliphatic hydroxyl groups excluding tert-OH is 1. The summed E-state index contributed by atoms with van der Waals surface area (Å²) in [6.45, 7) is 0.859. The van der Waals surface area contributed by atoms with Gasteiger partial charge in [0.15, 0.2) is 5.84 Å². The summed E-state index contributed by atoms with van der Waals surface area (Å²) in [5, 5.41) is 20.0. The molecule has 0 aromatic heterocycles. The summed E-state index contributed by atoms with van der Waals surface area (Å²) >= 11 is 0. The molecule has 0 aliphatic rings. The van der Waals surface area contributed by atoms with Gasteiger partial charge in [-0.1, -0.05) is 5.16 Å². The van der Waals surface area contributed by atoms with Crippen molar-refractivity contribution in [2.45, 2.75) is 19.3 Å². The summed E-state index contributed by atoms with van der Waals surface area (Å²) in [5.41, 5.74) is 6.09. The second-order valence-electron chi connectivity index (χ2n) is 3.64. The van der Waals surface area contributed by atoms with Gasteiger partial charge in [-0.2, -0.15) is 0 Å². The topological polar surface area (TPSA) is 88.1 Å². The Morgan fingerprint density at radius 1 is 1.18 bits per heavy atom. The van der Waals surface area contributed by atoms with Gasteiger partial charge in [0.05, 0.1) is 6.61 Å². The van der Waals surface area contributed by atoms with E-state index in [-0.39, 0.29) is 12.4 Å². The van der Waals surface area contributed by atoms with Crippen LogP contribution in [0.2, 0.25) is 0 Å². The van der Waals surface area contributed by atoms with Crippen molar-refractivity contribution in [2.24, 2.45) is 10.9 Å². The third kappa shape index (κ3) is 4.74. The molecule has 0 amide bonds. The largest absolute Gasteiger partial charge is 0.494 e. The normalized spacial score (nSPS) is 11.5. The molecule has 0 saturated carbocycles. The smallest absolute Gasteiger partial charge is 0.170 e. The molecule has 0 radical (unpaired) electrons. The first-order valence-corrected chi connectivity index (χ1v) is 5.59. The van der Waals surface area contributed by atoms with Crippen molar-refractivity contribution < 1.29 is 15.1 Å². The van der Waals surface area contributed by atoms with Crippen molar-refractivity contribution >= 4 is 5.84 Å². The second-order valence-corrected chi connectivity index (χ2v) is 3.64. The zero-order valence-electron chi connectivity index (χ0n) is 9.67. The fraction of sp³-hybridized carbons (Fsp3) is 0.417. The van der Waals surface area contributed by atoms with Crippen molar-refractivity contribution in [3.63, 3.8) is 0 Å². The first-order valence-electron chi connectivity index (χ1n) is 5.59. The molecular weight excluding hydrogens is 220 g/mol. The molecule has 0 fully saturated rings. The van der Waals surface area contributed by atoms with Crippen LogP contribution in [0.1, 0.15) is 24.8 Å². The van der Waals surface area contributed by atoms with Crippen molar-refractivity contribution in [1.82, 2.24) is 0 Å². The summed E-state index contributed by atoms with van der Waals surface area (Å²) < 4.78 is 5.50. The highest BCUT2D eigenvalue weighted by Crippen LogP contribution is 2.12. The lowest BCUT2D eigenvalue weighted by Gasteiger charge is -2.06. The van der Waals surface area contributed by atoms with Gasteiger partial charge in [0.1, 0.15) is 5.75 Å². The molecule has 4 N–H and O–H groups in total. The van der Waals surface area contributed by atoms with Gasteiger partial charge in [-0.3, -0.25) is 0 Å². The van der Waals surface area contributed by atoms with Crippen LogP contribution >= 0.6 is 0 Å². The molecule has 0 aliphatic heterocycles. The van der Waals surface area contributed by atoms with E-state index in [1.807, 2.05) is 0 Å². The summed E-state index contributed by atoms with van der Waals surface area (Å²) in [6.07, 6.45) is 2.69. The summed E-state index contributed by atoms with van der Waals surface area (Å²) in [5.74, 6) is 0.836. The van der Waals surface area contributed by atoms with E-state index in [2.05, 4.69) is 5.16 Å². The van der Waals surface area contributed by atoms with Gasteiger partial charge in [0.25, 0.3) is 0 Å². The Labute approximate surface area is 101 Å². The minimum atomic E-state index is 0.0829. The highest BCUT2D eigenvalue weighted by molar-refractivity contribution is 5.97. The number of benzene rings is 1. The number of unbranched alkanes of at least 4 members (excludes halogenated alkanes) is 2. The third-order valence-electron chi connectivity index (χ3n) is 2.33. The summed E-state index contributed by atoms with van der Waals surface area (Å²) in [7, 11) is 0. The Bertz CT molecular complexity index is 349. The highest BCUT2D eigenvalue weighted by Gasteiger charge is 1.99. The predicted molar refractivity (Wildman–Crippen MR) is 65.4 cm³/mol. The third-order valence-corrected chi connectivity index (χ3v) is 2.33. The molecule has 0 aliphatic carbocycles. The number of hydrogen-bond donors (Lipinski definition) is 3. The van der Waals surface area contributed by atoms with E-state index in [1.165, 1.54) is 0 Å². The minimum absolute atomic E-state index is 0.0829. The average molecular weight is 238 g/mol. The number of nitrogens with zero attached hydrogens (tertiary/aromatic N) is 1. The molecular formula is C12H18N2O3. The quantitative estimate of drug-likeness (QED) is 0.220. The van der Waals surface area contributed by atoms with Crippen molar-refractivity contribution in [3.05, 3.63) is 29.8 Å². The van der Waals surface area contributed by atoms with Crippen LogP contribution in [0, 0.1) is 0 Å². The Hall–Kier alpha value is -1.75. The number of amidine groups is 1. The molecule has 17 heavy (non-hydrogen) atoms. The number of rotatable bonds is 7.